The van der Waals surface area contributed by atoms with Crippen LogP contribution in [0.15, 0.2) is 22.7 Å². The summed E-state index contributed by atoms with van der Waals surface area (Å²) in [6.45, 7) is 4.48. The first-order valence-corrected chi connectivity index (χ1v) is 8.89. The van der Waals surface area contributed by atoms with Crippen LogP contribution < -0.4 is 0 Å². The minimum absolute atomic E-state index is 0.0809. The van der Waals surface area contributed by atoms with Gasteiger partial charge in [0.2, 0.25) is 5.91 Å². The number of carbonyl (C=O) groups excluding carboxylic acids is 1. The van der Waals surface area contributed by atoms with Gasteiger partial charge in [0.25, 0.3) is 0 Å². The van der Waals surface area contributed by atoms with Gasteiger partial charge in [0.15, 0.2) is 0 Å². The molecule has 1 aliphatic heterocycles. The van der Waals surface area contributed by atoms with Gasteiger partial charge in [-0.25, -0.2) is 9.37 Å². The number of carbonyl (C=O) groups is 1. The van der Waals surface area contributed by atoms with Gasteiger partial charge >= 0.3 is 0 Å². The van der Waals surface area contributed by atoms with Gasteiger partial charge in [-0.05, 0) is 51.3 Å². The molecule has 0 bridgehead atoms. The lowest BCUT2D eigenvalue weighted by Crippen LogP contribution is -2.31. The Morgan fingerprint density at radius 1 is 1.42 bits per heavy atom. The number of imidazole rings is 1. The van der Waals surface area contributed by atoms with Gasteiger partial charge in [-0.1, -0.05) is 5.16 Å². The van der Waals surface area contributed by atoms with E-state index in [1.54, 1.807) is 6.07 Å². The molecule has 1 aliphatic rings. The highest BCUT2D eigenvalue weighted by Crippen LogP contribution is 2.32. The topological polar surface area (TPSA) is 75.0 Å². The Labute approximate surface area is 150 Å². The Balaban J connectivity index is 1.51. The van der Waals surface area contributed by atoms with Gasteiger partial charge in [0.05, 0.1) is 22.8 Å². The number of nitrogens with one attached hydrogen (secondary N) is 1. The van der Waals surface area contributed by atoms with E-state index < -0.39 is 0 Å². The fourth-order valence-electron chi connectivity index (χ4n) is 3.74. The number of nitrogens with zero attached hydrogens (tertiary/aromatic N) is 3. The number of rotatable bonds is 4. The van der Waals surface area contributed by atoms with E-state index in [1.807, 2.05) is 18.7 Å². The number of benzene rings is 1. The van der Waals surface area contributed by atoms with E-state index in [2.05, 4.69) is 15.1 Å². The van der Waals surface area contributed by atoms with Crippen molar-refractivity contribution in [2.24, 2.45) is 0 Å². The molecule has 0 saturated carbocycles. The Morgan fingerprint density at radius 3 is 3.04 bits per heavy atom. The largest absolute Gasteiger partial charge is 0.361 e. The summed E-state index contributed by atoms with van der Waals surface area (Å²) in [6.07, 6.45) is 2.83. The first kappa shape index (κ1) is 16.8. The molecule has 1 saturated heterocycles. The van der Waals surface area contributed by atoms with Crippen molar-refractivity contribution >= 4 is 16.9 Å². The van der Waals surface area contributed by atoms with Crippen LogP contribution >= 0.6 is 0 Å². The van der Waals surface area contributed by atoms with Crippen molar-refractivity contribution in [3.63, 3.8) is 0 Å². The summed E-state index contributed by atoms with van der Waals surface area (Å²) in [5.41, 5.74) is 3.23. The van der Waals surface area contributed by atoms with Crippen molar-refractivity contribution in [2.75, 3.05) is 6.54 Å². The molecule has 1 aromatic carbocycles. The third-order valence-corrected chi connectivity index (χ3v) is 5.12. The normalized spacial score (nSPS) is 17.3. The molecular weight excluding hydrogens is 335 g/mol. The first-order chi connectivity index (χ1) is 12.5. The van der Waals surface area contributed by atoms with E-state index in [0.29, 0.717) is 18.4 Å². The van der Waals surface area contributed by atoms with Crippen molar-refractivity contribution in [3.05, 3.63) is 46.9 Å². The molecule has 136 valence electrons. The van der Waals surface area contributed by atoms with Gasteiger partial charge in [-0.2, -0.15) is 0 Å². The van der Waals surface area contributed by atoms with E-state index in [4.69, 9.17) is 4.52 Å². The molecule has 1 fully saturated rings. The number of fused-ring (bicyclic) bond motifs is 1. The summed E-state index contributed by atoms with van der Waals surface area (Å²) in [6, 6.07) is 4.41. The third-order valence-electron chi connectivity index (χ3n) is 5.12. The zero-order valence-electron chi connectivity index (χ0n) is 14.9. The molecule has 1 atom stereocenters. The number of aromatic amines is 1. The van der Waals surface area contributed by atoms with E-state index >= 15 is 0 Å². The third kappa shape index (κ3) is 2.98. The number of H-pyrrole nitrogens is 1. The highest BCUT2D eigenvalue weighted by atomic mass is 19.1. The number of hydrogen-bond donors (Lipinski definition) is 1. The van der Waals surface area contributed by atoms with Crippen LogP contribution in [-0.4, -0.2) is 32.5 Å². The molecule has 0 spiro atoms. The molecule has 2 aromatic heterocycles. The number of aromatic nitrogens is 3. The van der Waals surface area contributed by atoms with Crippen LogP contribution in [0.25, 0.3) is 11.0 Å². The van der Waals surface area contributed by atoms with Crippen LogP contribution in [0.3, 0.4) is 0 Å². The highest BCUT2D eigenvalue weighted by Gasteiger charge is 2.32. The second-order valence-electron chi connectivity index (χ2n) is 6.83. The summed E-state index contributed by atoms with van der Waals surface area (Å²) >= 11 is 0. The second kappa shape index (κ2) is 6.55. The Bertz CT molecular complexity index is 942. The van der Waals surface area contributed by atoms with Crippen molar-refractivity contribution < 1.29 is 13.7 Å². The number of aryl methyl sites for hydroxylation is 2. The minimum atomic E-state index is -0.300. The maximum Gasteiger partial charge on any atom is 0.223 e. The smallest absolute Gasteiger partial charge is 0.223 e. The summed E-state index contributed by atoms with van der Waals surface area (Å²) < 4.78 is 18.6. The van der Waals surface area contributed by atoms with Crippen LogP contribution in [0.1, 0.15) is 48.1 Å². The van der Waals surface area contributed by atoms with Crippen LogP contribution in [0.2, 0.25) is 0 Å². The number of hydrogen-bond acceptors (Lipinski definition) is 4. The summed E-state index contributed by atoms with van der Waals surface area (Å²) in [4.78, 5) is 22.4. The van der Waals surface area contributed by atoms with Gasteiger partial charge < -0.3 is 14.4 Å². The van der Waals surface area contributed by atoms with Crippen molar-refractivity contribution in [3.8, 4) is 0 Å². The molecule has 4 rings (SSSR count). The van der Waals surface area contributed by atoms with Gasteiger partial charge in [-0.3, -0.25) is 4.79 Å². The second-order valence-corrected chi connectivity index (χ2v) is 6.83. The quantitative estimate of drug-likeness (QED) is 0.775. The molecule has 1 unspecified atom stereocenters. The van der Waals surface area contributed by atoms with Crippen molar-refractivity contribution in [1.82, 2.24) is 20.0 Å². The summed E-state index contributed by atoms with van der Waals surface area (Å²) in [5, 5.41) is 3.94. The zero-order chi connectivity index (χ0) is 18.3. The van der Waals surface area contributed by atoms with Crippen LogP contribution in [0.5, 0.6) is 0 Å². The van der Waals surface area contributed by atoms with E-state index in [9.17, 15) is 9.18 Å². The van der Waals surface area contributed by atoms with E-state index in [-0.39, 0.29) is 17.8 Å². The van der Waals surface area contributed by atoms with E-state index in [0.717, 1.165) is 47.7 Å². The van der Waals surface area contributed by atoms with Crippen LogP contribution in [0.4, 0.5) is 4.39 Å². The molecular formula is C19H21FN4O2. The molecule has 1 N–H and O–H groups in total. The number of amides is 1. The van der Waals surface area contributed by atoms with Crippen molar-refractivity contribution in [2.45, 2.75) is 45.6 Å². The molecule has 1 amide bonds. The molecule has 6 nitrogen and oxygen atoms in total. The van der Waals surface area contributed by atoms with Gasteiger partial charge in [0.1, 0.15) is 17.4 Å². The predicted octanol–water partition coefficient (Wildman–Crippen LogP) is 3.60. The maximum absolute atomic E-state index is 13.4. The molecule has 26 heavy (non-hydrogen) atoms. The highest BCUT2D eigenvalue weighted by molar-refractivity contribution is 5.78. The lowest BCUT2D eigenvalue weighted by Gasteiger charge is -2.23. The van der Waals surface area contributed by atoms with Crippen LogP contribution in [-0.2, 0) is 11.2 Å². The monoisotopic (exact) mass is 356 g/mol. The lowest BCUT2D eigenvalue weighted by atomic mass is 10.1. The number of halogens is 1. The molecule has 0 aliphatic carbocycles. The fourth-order valence-corrected chi connectivity index (χ4v) is 3.74. The summed E-state index contributed by atoms with van der Waals surface area (Å²) in [7, 11) is 0. The molecule has 3 heterocycles. The number of likely N-dealkylation sites (tertiary alicyclic amines) is 1. The average Bonchev–Trinajstić information content (AvgIpc) is 3.31. The molecule has 7 heteroatoms. The average molecular weight is 356 g/mol. The fraction of sp³-hybridized carbons (Fsp3) is 0.421. The van der Waals surface area contributed by atoms with Gasteiger partial charge in [0, 0.05) is 18.5 Å². The van der Waals surface area contributed by atoms with E-state index in [1.165, 1.54) is 12.1 Å². The Hall–Kier alpha value is -2.70. The SMILES string of the molecule is Cc1noc(C)c1CCC(=O)N1CCCC1c1nc2ccc(F)cc2[nH]1. The minimum Gasteiger partial charge on any atom is -0.361 e. The standard InChI is InChI=1S/C19H21FN4O2/c1-11-14(12(2)26-23-11)6-8-18(25)24-9-3-4-17(24)19-21-15-7-5-13(20)10-16(15)22-19/h5,7,10,17H,3-4,6,8-9H2,1-2H3,(H,21,22). The Morgan fingerprint density at radius 2 is 2.27 bits per heavy atom. The molecule has 0 radical (unpaired) electrons. The van der Waals surface area contributed by atoms with Gasteiger partial charge in [-0.15, -0.1) is 0 Å². The predicted molar refractivity (Wildman–Crippen MR) is 94.0 cm³/mol. The summed E-state index contributed by atoms with van der Waals surface area (Å²) in [5.74, 6) is 1.30. The first-order valence-electron chi connectivity index (χ1n) is 8.89. The van der Waals surface area contributed by atoms with Crippen LogP contribution in [0, 0.1) is 19.7 Å². The molecule has 3 aromatic rings. The van der Waals surface area contributed by atoms with Crippen molar-refractivity contribution in [1.29, 1.82) is 0 Å². The maximum atomic E-state index is 13.4. The Kier molecular flexibility index (Phi) is 4.22. The zero-order valence-corrected chi connectivity index (χ0v) is 14.9. The lowest BCUT2D eigenvalue weighted by molar-refractivity contribution is -0.132.